The van der Waals surface area contributed by atoms with Crippen molar-refractivity contribution in [3.8, 4) is 6.07 Å². The van der Waals surface area contributed by atoms with Crippen LogP contribution in [0.4, 0.5) is 11.4 Å². The van der Waals surface area contributed by atoms with Gasteiger partial charge in [-0.3, -0.25) is 9.59 Å². The Labute approximate surface area is 141 Å². The highest BCUT2D eigenvalue weighted by Gasteiger charge is 2.16. The number of rotatable bonds is 5. The summed E-state index contributed by atoms with van der Waals surface area (Å²) in [6.07, 6.45) is 0.196. The van der Waals surface area contributed by atoms with Crippen molar-refractivity contribution < 1.29 is 9.59 Å². The van der Waals surface area contributed by atoms with Crippen molar-refractivity contribution in [3.63, 3.8) is 0 Å². The van der Waals surface area contributed by atoms with E-state index >= 15 is 0 Å². The minimum Gasteiger partial charge on any atom is -0.315 e. The Bertz CT molecular complexity index is 766. The quantitative estimate of drug-likeness (QED) is 0.850. The summed E-state index contributed by atoms with van der Waals surface area (Å²) >= 11 is 0. The molecule has 0 aliphatic heterocycles. The molecule has 0 aromatic heterocycles. The van der Waals surface area contributed by atoms with Crippen LogP contribution in [0.1, 0.15) is 18.9 Å². The summed E-state index contributed by atoms with van der Waals surface area (Å²) in [5.41, 5.74) is 1.91. The standard InChI is InChI=1S/C19H19N3O2/c1-15(23)22(18-10-6-7-16(13-18)14-20)12-11-19(24)21(2)17-8-4-3-5-9-17/h3-10,13H,11-12H2,1-2H3. The predicted molar refractivity (Wildman–Crippen MR) is 93.7 cm³/mol. The second kappa shape index (κ2) is 7.93. The first-order valence-corrected chi connectivity index (χ1v) is 7.63. The highest BCUT2D eigenvalue weighted by atomic mass is 16.2. The van der Waals surface area contributed by atoms with Gasteiger partial charge in [-0.05, 0) is 30.3 Å². The first kappa shape index (κ1) is 17.2. The van der Waals surface area contributed by atoms with Gasteiger partial charge in [0.25, 0.3) is 0 Å². The third-order valence-corrected chi connectivity index (χ3v) is 3.73. The Kier molecular flexibility index (Phi) is 5.69. The normalized spacial score (nSPS) is 9.88. The van der Waals surface area contributed by atoms with Crippen LogP contribution < -0.4 is 9.80 Å². The Hall–Kier alpha value is -3.13. The van der Waals surface area contributed by atoms with E-state index in [4.69, 9.17) is 5.26 Å². The van der Waals surface area contributed by atoms with Gasteiger partial charge in [0, 0.05) is 38.3 Å². The summed E-state index contributed by atoms with van der Waals surface area (Å²) < 4.78 is 0. The van der Waals surface area contributed by atoms with Crippen LogP contribution in [0.15, 0.2) is 54.6 Å². The van der Waals surface area contributed by atoms with Crippen molar-refractivity contribution in [2.45, 2.75) is 13.3 Å². The van der Waals surface area contributed by atoms with E-state index in [0.717, 1.165) is 5.69 Å². The van der Waals surface area contributed by atoms with Crippen LogP contribution >= 0.6 is 0 Å². The summed E-state index contributed by atoms with van der Waals surface area (Å²) in [4.78, 5) is 27.4. The number of benzene rings is 2. The Morgan fingerprint density at radius 1 is 1.04 bits per heavy atom. The lowest BCUT2D eigenvalue weighted by Gasteiger charge is -2.23. The molecule has 0 fully saturated rings. The molecule has 0 radical (unpaired) electrons. The zero-order valence-corrected chi connectivity index (χ0v) is 13.8. The molecule has 0 spiro atoms. The molecule has 0 saturated carbocycles. The molecule has 24 heavy (non-hydrogen) atoms. The van der Waals surface area contributed by atoms with E-state index in [-0.39, 0.29) is 24.8 Å². The third kappa shape index (κ3) is 4.20. The fraction of sp³-hybridized carbons (Fsp3) is 0.211. The fourth-order valence-electron chi connectivity index (χ4n) is 2.38. The second-order valence-corrected chi connectivity index (χ2v) is 5.37. The number of nitrogens with zero attached hydrogens (tertiary/aromatic N) is 3. The molecule has 0 aliphatic carbocycles. The molecule has 122 valence electrons. The number of carbonyl (C=O) groups excluding carboxylic acids is 2. The molecular formula is C19H19N3O2. The van der Waals surface area contributed by atoms with Gasteiger partial charge >= 0.3 is 0 Å². The van der Waals surface area contributed by atoms with E-state index in [1.54, 1.807) is 36.2 Å². The van der Waals surface area contributed by atoms with Crippen molar-refractivity contribution in [2.75, 3.05) is 23.4 Å². The van der Waals surface area contributed by atoms with Gasteiger partial charge in [0.15, 0.2) is 0 Å². The SMILES string of the molecule is CC(=O)N(CCC(=O)N(C)c1ccccc1)c1cccc(C#N)c1. The number of amides is 2. The van der Waals surface area contributed by atoms with E-state index in [1.165, 1.54) is 11.8 Å². The fourth-order valence-corrected chi connectivity index (χ4v) is 2.38. The van der Waals surface area contributed by atoms with Crippen LogP contribution in [0.2, 0.25) is 0 Å². The first-order valence-electron chi connectivity index (χ1n) is 7.63. The molecule has 5 nitrogen and oxygen atoms in total. The van der Waals surface area contributed by atoms with Crippen LogP contribution in [0.5, 0.6) is 0 Å². The average Bonchev–Trinajstić information content (AvgIpc) is 2.61. The van der Waals surface area contributed by atoms with Gasteiger partial charge in [-0.2, -0.15) is 5.26 Å². The van der Waals surface area contributed by atoms with Gasteiger partial charge in [0.2, 0.25) is 11.8 Å². The summed E-state index contributed by atoms with van der Waals surface area (Å²) in [7, 11) is 1.71. The maximum absolute atomic E-state index is 12.4. The molecular weight excluding hydrogens is 302 g/mol. The first-order chi connectivity index (χ1) is 11.5. The number of para-hydroxylation sites is 1. The number of hydrogen-bond acceptors (Lipinski definition) is 3. The smallest absolute Gasteiger partial charge is 0.228 e. The summed E-state index contributed by atoms with van der Waals surface area (Å²) in [6, 6.07) is 18.2. The van der Waals surface area contributed by atoms with E-state index in [0.29, 0.717) is 11.3 Å². The molecule has 2 rings (SSSR count). The molecule has 0 bridgehead atoms. The lowest BCUT2D eigenvalue weighted by molar-refractivity contribution is -0.118. The van der Waals surface area contributed by atoms with Crippen molar-refractivity contribution in [1.82, 2.24) is 0 Å². The Morgan fingerprint density at radius 3 is 2.33 bits per heavy atom. The van der Waals surface area contributed by atoms with Gasteiger partial charge in [0.05, 0.1) is 11.6 Å². The molecule has 0 aliphatic rings. The molecule has 0 atom stereocenters. The van der Waals surface area contributed by atoms with E-state index in [2.05, 4.69) is 6.07 Å². The number of hydrogen-bond donors (Lipinski definition) is 0. The number of nitriles is 1. The maximum atomic E-state index is 12.4. The monoisotopic (exact) mass is 321 g/mol. The predicted octanol–water partition coefficient (Wildman–Crippen LogP) is 2.96. The summed E-state index contributed by atoms with van der Waals surface area (Å²) in [5, 5.41) is 8.99. The van der Waals surface area contributed by atoms with Gasteiger partial charge in [0.1, 0.15) is 0 Å². The minimum atomic E-state index is -0.166. The van der Waals surface area contributed by atoms with Gasteiger partial charge in [-0.25, -0.2) is 0 Å². The Morgan fingerprint density at radius 2 is 1.71 bits per heavy atom. The van der Waals surface area contributed by atoms with E-state index < -0.39 is 0 Å². The topological polar surface area (TPSA) is 64.4 Å². The van der Waals surface area contributed by atoms with Crippen LogP contribution in [0, 0.1) is 11.3 Å². The molecule has 2 amide bonds. The lowest BCUT2D eigenvalue weighted by Crippen LogP contribution is -2.34. The molecule has 0 unspecified atom stereocenters. The molecule has 0 N–H and O–H groups in total. The van der Waals surface area contributed by atoms with Crippen molar-refractivity contribution >= 4 is 23.2 Å². The zero-order valence-electron chi connectivity index (χ0n) is 13.8. The van der Waals surface area contributed by atoms with Gasteiger partial charge in [-0.1, -0.05) is 24.3 Å². The van der Waals surface area contributed by atoms with Crippen molar-refractivity contribution in [1.29, 1.82) is 5.26 Å². The molecule has 0 saturated heterocycles. The highest BCUT2D eigenvalue weighted by Crippen LogP contribution is 2.18. The summed E-state index contributed by atoms with van der Waals surface area (Å²) in [6.45, 7) is 1.71. The van der Waals surface area contributed by atoms with Crippen molar-refractivity contribution in [3.05, 3.63) is 60.2 Å². The lowest BCUT2D eigenvalue weighted by atomic mass is 10.2. The Balaban J connectivity index is 2.08. The van der Waals surface area contributed by atoms with Crippen LogP contribution in [0.3, 0.4) is 0 Å². The summed E-state index contributed by atoms with van der Waals surface area (Å²) in [5.74, 6) is -0.246. The third-order valence-electron chi connectivity index (χ3n) is 3.73. The highest BCUT2D eigenvalue weighted by molar-refractivity contribution is 5.95. The van der Waals surface area contributed by atoms with E-state index in [1.807, 2.05) is 30.3 Å². The zero-order chi connectivity index (χ0) is 17.5. The molecule has 5 heteroatoms. The average molecular weight is 321 g/mol. The number of carbonyl (C=O) groups is 2. The van der Waals surface area contributed by atoms with Crippen LogP contribution in [-0.4, -0.2) is 25.4 Å². The largest absolute Gasteiger partial charge is 0.315 e. The molecule has 2 aromatic carbocycles. The maximum Gasteiger partial charge on any atom is 0.228 e. The molecule has 0 heterocycles. The van der Waals surface area contributed by atoms with Gasteiger partial charge in [-0.15, -0.1) is 0 Å². The van der Waals surface area contributed by atoms with Crippen LogP contribution in [-0.2, 0) is 9.59 Å². The van der Waals surface area contributed by atoms with Crippen molar-refractivity contribution in [2.24, 2.45) is 0 Å². The number of anilines is 2. The van der Waals surface area contributed by atoms with Crippen LogP contribution in [0.25, 0.3) is 0 Å². The molecule has 2 aromatic rings. The van der Waals surface area contributed by atoms with E-state index in [9.17, 15) is 9.59 Å². The minimum absolute atomic E-state index is 0.0797. The van der Waals surface area contributed by atoms with Gasteiger partial charge < -0.3 is 9.80 Å². The second-order valence-electron chi connectivity index (χ2n) is 5.37.